The summed E-state index contributed by atoms with van der Waals surface area (Å²) in [5.74, 6) is -7.35. The number of alkyl halides is 3. The van der Waals surface area contributed by atoms with Gasteiger partial charge in [-0.15, -0.1) is 0 Å². The Hall–Kier alpha value is -1.89. The van der Waals surface area contributed by atoms with E-state index in [1.807, 2.05) is 0 Å². The molecule has 1 saturated carbocycles. The lowest BCUT2D eigenvalue weighted by atomic mass is 9.78. The summed E-state index contributed by atoms with van der Waals surface area (Å²) in [6.45, 7) is 4.99. The molecule has 2 bridgehead atoms. The van der Waals surface area contributed by atoms with E-state index in [1.54, 1.807) is 20.8 Å². The number of hydrogen-bond acceptors (Lipinski definition) is 8. The number of esters is 3. The van der Waals surface area contributed by atoms with Crippen molar-refractivity contribution in [2.45, 2.75) is 64.5 Å². The first-order valence-corrected chi connectivity index (χ1v) is 10.8. The normalized spacial score (nSPS) is 27.9. The third-order valence-corrected chi connectivity index (χ3v) is 6.15. The lowest BCUT2D eigenvalue weighted by Crippen LogP contribution is -2.45. The zero-order valence-electron chi connectivity index (χ0n) is 16.5. The van der Waals surface area contributed by atoms with Crippen molar-refractivity contribution in [2.24, 2.45) is 17.3 Å². The SMILES string of the molecule is CCC(C)(C)C(=O)OC1CC(C(=O)OC(CS(=O)(=O)O)C(F)(F)F)C2CC1OC2=O. The van der Waals surface area contributed by atoms with Gasteiger partial charge in [0.15, 0.2) is 0 Å². The average Bonchev–Trinajstić information content (AvgIpc) is 2.91. The lowest BCUT2D eigenvalue weighted by Gasteiger charge is -2.33. The van der Waals surface area contributed by atoms with Crippen molar-refractivity contribution in [3.05, 3.63) is 0 Å². The molecule has 9 nitrogen and oxygen atoms in total. The number of hydrogen-bond donors (Lipinski definition) is 1. The second-order valence-electron chi connectivity index (χ2n) is 8.06. The van der Waals surface area contributed by atoms with Crippen LogP contribution in [0.4, 0.5) is 13.2 Å². The number of rotatable bonds is 7. The van der Waals surface area contributed by atoms with Crippen molar-refractivity contribution in [2.75, 3.05) is 5.75 Å². The van der Waals surface area contributed by atoms with Gasteiger partial charge in [-0.05, 0) is 20.3 Å². The van der Waals surface area contributed by atoms with Gasteiger partial charge in [-0.3, -0.25) is 18.9 Å². The smallest absolute Gasteiger partial charge is 0.426 e. The second-order valence-corrected chi connectivity index (χ2v) is 9.55. The van der Waals surface area contributed by atoms with Crippen LogP contribution in [0.1, 0.15) is 40.0 Å². The highest BCUT2D eigenvalue weighted by molar-refractivity contribution is 7.85. The van der Waals surface area contributed by atoms with Crippen molar-refractivity contribution in [3.63, 3.8) is 0 Å². The molecule has 1 aliphatic heterocycles. The Labute approximate surface area is 171 Å². The maximum atomic E-state index is 13.0. The Balaban J connectivity index is 2.19. The largest absolute Gasteiger partial charge is 0.458 e. The monoisotopic (exact) mass is 460 g/mol. The first kappa shape index (κ1) is 24.4. The van der Waals surface area contributed by atoms with E-state index in [4.69, 9.17) is 14.0 Å². The molecule has 13 heteroatoms. The lowest BCUT2D eigenvalue weighted by molar-refractivity contribution is -0.219. The van der Waals surface area contributed by atoms with Crippen LogP contribution in [0.5, 0.6) is 0 Å². The summed E-state index contributed by atoms with van der Waals surface area (Å²) in [6, 6.07) is 0. The molecule has 1 N–H and O–H groups in total. The molecule has 0 aromatic heterocycles. The van der Waals surface area contributed by atoms with E-state index < -0.39 is 75.5 Å². The minimum atomic E-state index is -5.27. The van der Waals surface area contributed by atoms with Crippen LogP contribution in [-0.2, 0) is 38.7 Å². The third-order valence-electron chi connectivity index (χ3n) is 5.43. The quantitative estimate of drug-likeness (QED) is 0.342. The summed E-state index contributed by atoms with van der Waals surface area (Å²) < 4.78 is 84.4. The minimum absolute atomic E-state index is 0.0575. The summed E-state index contributed by atoms with van der Waals surface area (Å²) >= 11 is 0. The fraction of sp³-hybridized carbons (Fsp3) is 0.824. The van der Waals surface area contributed by atoms with Gasteiger partial charge in [0, 0.05) is 12.8 Å². The van der Waals surface area contributed by atoms with E-state index in [0.29, 0.717) is 6.42 Å². The molecule has 0 radical (unpaired) electrons. The summed E-state index contributed by atoms with van der Waals surface area (Å²) in [5.41, 5.74) is -0.869. The van der Waals surface area contributed by atoms with Crippen LogP contribution < -0.4 is 0 Å². The van der Waals surface area contributed by atoms with Crippen LogP contribution in [0.3, 0.4) is 0 Å². The van der Waals surface area contributed by atoms with Gasteiger partial charge < -0.3 is 14.2 Å². The van der Waals surface area contributed by atoms with Gasteiger partial charge in [-0.1, -0.05) is 6.92 Å². The van der Waals surface area contributed by atoms with Gasteiger partial charge in [0.2, 0.25) is 6.10 Å². The summed E-state index contributed by atoms with van der Waals surface area (Å²) in [6.07, 6.45) is -10.2. The fourth-order valence-electron chi connectivity index (χ4n) is 3.19. The van der Waals surface area contributed by atoms with Crippen LogP contribution in [0.15, 0.2) is 0 Å². The standard InChI is InChI=1S/C17H23F3O9S/c1-4-16(2,3)15(23)28-11-6-9(8-5-10(11)27-13(8)21)14(22)29-12(17(18,19)20)7-30(24,25)26/h8-12H,4-7H2,1-3H3,(H,24,25,26). The first-order valence-electron chi connectivity index (χ1n) is 9.19. The van der Waals surface area contributed by atoms with Gasteiger partial charge in [0.05, 0.1) is 17.3 Å². The Kier molecular flexibility index (Phi) is 6.77. The van der Waals surface area contributed by atoms with E-state index in [2.05, 4.69) is 4.74 Å². The summed E-state index contributed by atoms with van der Waals surface area (Å²) in [7, 11) is -5.11. The van der Waals surface area contributed by atoms with E-state index in [-0.39, 0.29) is 12.8 Å². The van der Waals surface area contributed by atoms with Gasteiger partial charge in [-0.2, -0.15) is 21.6 Å². The molecule has 5 atom stereocenters. The van der Waals surface area contributed by atoms with Gasteiger partial charge in [-0.25, -0.2) is 0 Å². The molecule has 30 heavy (non-hydrogen) atoms. The molecule has 0 aromatic rings. The molecule has 0 spiro atoms. The fourth-order valence-corrected chi connectivity index (χ4v) is 3.83. The Morgan fingerprint density at radius 1 is 1.27 bits per heavy atom. The van der Waals surface area contributed by atoms with Gasteiger partial charge in [0.1, 0.15) is 18.0 Å². The number of fused-ring (bicyclic) bond motifs is 2. The van der Waals surface area contributed by atoms with E-state index in [0.717, 1.165) is 0 Å². The summed E-state index contributed by atoms with van der Waals surface area (Å²) in [4.78, 5) is 36.8. The van der Waals surface area contributed by atoms with E-state index in [9.17, 15) is 36.0 Å². The Morgan fingerprint density at radius 3 is 2.37 bits per heavy atom. The topological polar surface area (TPSA) is 133 Å². The van der Waals surface area contributed by atoms with Crippen molar-refractivity contribution in [3.8, 4) is 0 Å². The molecule has 1 aliphatic carbocycles. The van der Waals surface area contributed by atoms with Crippen LogP contribution in [0.2, 0.25) is 0 Å². The third kappa shape index (κ3) is 5.62. The molecule has 2 aliphatic rings. The highest BCUT2D eigenvalue weighted by Crippen LogP contribution is 2.42. The zero-order valence-corrected chi connectivity index (χ0v) is 17.3. The molecular formula is C17H23F3O9S. The molecule has 2 rings (SSSR count). The van der Waals surface area contributed by atoms with E-state index in [1.165, 1.54) is 0 Å². The average molecular weight is 460 g/mol. The maximum Gasteiger partial charge on any atom is 0.426 e. The Morgan fingerprint density at radius 2 is 1.87 bits per heavy atom. The van der Waals surface area contributed by atoms with E-state index >= 15 is 0 Å². The maximum absolute atomic E-state index is 13.0. The second kappa shape index (κ2) is 8.33. The highest BCUT2D eigenvalue weighted by Gasteiger charge is 2.55. The molecule has 172 valence electrons. The number of ether oxygens (including phenoxy) is 3. The molecule has 2 fully saturated rings. The van der Waals surface area contributed by atoms with Crippen LogP contribution in [0.25, 0.3) is 0 Å². The number of carbonyl (C=O) groups is 3. The molecule has 1 saturated heterocycles. The van der Waals surface area contributed by atoms with Crippen molar-refractivity contribution >= 4 is 28.0 Å². The molecule has 1 heterocycles. The first-order chi connectivity index (χ1) is 13.5. The van der Waals surface area contributed by atoms with Crippen LogP contribution in [0, 0.1) is 17.3 Å². The number of carbonyl (C=O) groups excluding carboxylic acids is 3. The van der Waals surface area contributed by atoms with Gasteiger partial charge >= 0.3 is 24.1 Å². The predicted molar refractivity (Wildman–Crippen MR) is 92.4 cm³/mol. The zero-order chi connectivity index (χ0) is 23.1. The highest BCUT2D eigenvalue weighted by atomic mass is 32.2. The predicted octanol–water partition coefficient (Wildman–Crippen LogP) is 1.65. The molecular weight excluding hydrogens is 437 g/mol. The van der Waals surface area contributed by atoms with Crippen molar-refractivity contribution < 1.29 is 54.7 Å². The molecule has 0 amide bonds. The van der Waals surface area contributed by atoms with Crippen LogP contribution in [-0.4, -0.2) is 61.1 Å². The van der Waals surface area contributed by atoms with Crippen molar-refractivity contribution in [1.82, 2.24) is 0 Å². The number of halogens is 3. The van der Waals surface area contributed by atoms with Crippen LogP contribution >= 0.6 is 0 Å². The van der Waals surface area contributed by atoms with Crippen molar-refractivity contribution in [1.29, 1.82) is 0 Å². The Bertz CT molecular complexity index is 806. The van der Waals surface area contributed by atoms with Gasteiger partial charge in [0.25, 0.3) is 10.1 Å². The summed E-state index contributed by atoms with van der Waals surface area (Å²) in [5, 5.41) is 0. The molecule has 5 unspecified atom stereocenters. The molecule has 0 aromatic carbocycles. The minimum Gasteiger partial charge on any atom is -0.458 e.